The summed E-state index contributed by atoms with van der Waals surface area (Å²) in [5.41, 5.74) is 0.672. The summed E-state index contributed by atoms with van der Waals surface area (Å²) in [5, 5.41) is 13.7. The number of carbonyl (C=O) groups excluding carboxylic acids is 1. The molecule has 0 radical (unpaired) electrons. The van der Waals surface area contributed by atoms with E-state index in [-0.39, 0.29) is 24.9 Å². The molecule has 1 amide bonds. The number of nitrogens with one attached hydrogen (secondary N) is 1. The van der Waals surface area contributed by atoms with E-state index in [1.54, 1.807) is 11.3 Å². The molecule has 2 N–H and O–H groups in total. The van der Waals surface area contributed by atoms with E-state index in [2.05, 4.69) is 10.3 Å². The van der Waals surface area contributed by atoms with Crippen molar-refractivity contribution in [3.05, 3.63) is 29.0 Å². The molecule has 0 saturated carbocycles. The molecule has 2 rings (SSSR count). The van der Waals surface area contributed by atoms with Crippen LogP contribution < -0.4 is 5.32 Å². The van der Waals surface area contributed by atoms with E-state index in [0.717, 1.165) is 4.88 Å². The molecule has 2 aromatic rings. The van der Waals surface area contributed by atoms with Crippen molar-refractivity contribution in [2.45, 2.75) is 26.7 Å². The topological polar surface area (TPSA) is 75.4 Å². The second kappa shape index (κ2) is 7.38. The highest BCUT2D eigenvalue weighted by molar-refractivity contribution is 7.13. The summed E-state index contributed by atoms with van der Waals surface area (Å²) in [6.45, 7) is 4.52. The molecule has 2 heterocycles. The second-order valence-electron chi connectivity index (χ2n) is 5.10. The van der Waals surface area contributed by atoms with E-state index in [9.17, 15) is 4.79 Å². The minimum Gasteiger partial charge on any atom is -0.440 e. The molecule has 0 saturated heterocycles. The number of carbonyl (C=O) groups is 1. The molecule has 0 fully saturated rings. The lowest BCUT2D eigenvalue weighted by Crippen LogP contribution is -2.30. The Balaban J connectivity index is 1.92. The highest BCUT2D eigenvalue weighted by Crippen LogP contribution is 2.25. The van der Waals surface area contributed by atoms with Gasteiger partial charge in [0.1, 0.15) is 5.76 Å². The number of oxazole rings is 1. The molecule has 1 unspecified atom stereocenters. The molecule has 21 heavy (non-hydrogen) atoms. The first kappa shape index (κ1) is 15.7. The third-order valence-electron chi connectivity index (χ3n) is 3.22. The molecule has 0 bridgehead atoms. The molecule has 2 aromatic heterocycles. The van der Waals surface area contributed by atoms with E-state index in [0.29, 0.717) is 30.3 Å². The molecule has 0 aliphatic heterocycles. The van der Waals surface area contributed by atoms with Crippen LogP contribution in [0.1, 0.15) is 24.8 Å². The average molecular weight is 308 g/mol. The van der Waals surface area contributed by atoms with Gasteiger partial charge in [-0.1, -0.05) is 13.0 Å². The minimum absolute atomic E-state index is 0.0751. The van der Waals surface area contributed by atoms with Crippen molar-refractivity contribution in [2.24, 2.45) is 5.92 Å². The quantitative estimate of drug-likeness (QED) is 0.823. The molecular weight excluding hydrogens is 288 g/mol. The SMILES string of the molecule is Cc1oc(-c2cccs2)nc1CC(=O)NCC(C)CCO. The lowest BCUT2D eigenvalue weighted by molar-refractivity contribution is -0.120. The Labute approximate surface area is 128 Å². The summed E-state index contributed by atoms with van der Waals surface area (Å²) in [4.78, 5) is 17.3. The fourth-order valence-electron chi connectivity index (χ4n) is 1.92. The van der Waals surface area contributed by atoms with Crippen LogP contribution in [-0.4, -0.2) is 29.1 Å². The van der Waals surface area contributed by atoms with Crippen LogP contribution in [0, 0.1) is 12.8 Å². The monoisotopic (exact) mass is 308 g/mol. The number of aliphatic hydroxyl groups is 1. The van der Waals surface area contributed by atoms with Gasteiger partial charge in [-0.25, -0.2) is 4.98 Å². The summed E-state index contributed by atoms with van der Waals surface area (Å²) in [6, 6.07) is 3.88. The Morgan fingerprint density at radius 2 is 2.38 bits per heavy atom. The minimum atomic E-state index is -0.0751. The summed E-state index contributed by atoms with van der Waals surface area (Å²) in [6.07, 6.45) is 0.901. The van der Waals surface area contributed by atoms with E-state index < -0.39 is 0 Å². The van der Waals surface area contributed by atoms with Gasteiger partial charge in [-0.2, -0.15) is 0 Å². The number of hydrogen-bond donors (Lipinski definition) is 2. The smallest absolute Gasteiger partial charge is 0.236 e. The lowest BCUT2D eigenvalue weighted by Gasteiger charge is -2.10. The fourth-order valence-corrected chi connectivity index (χ4v) is 2.57. The van der Waals surface area contributed by atoms with Crippen molar-refractivity contribution < 1.29 is 14.3 Å². The predicted molar refractivity (Wildman–Crippen MR) is 82.1 cm³/mol. The van der Waals surface area contributed by atoms with E-state index in [1.165, 1.54) is 0 Å². The van der Waals surface area contributed by atoms with Gasteiger partial charge in [-0.3, -0.25) is 4.79 Å². The molecule has 6 heteroatoms. The summed E-state index contributed by atoms with van der Waals surface area (Å²) < 4.78 is 5.61. The van der Waals surface area contributed by atoms with Crippen LogP contribution in [0.4, 0.5) is 0 Å². The Morgan fingerprint density at radius 1 is 1.57 bits per heavy atom. The standard InChI is InChI=1S/C15H20N2O3S/c1-10(5-6-18)9-16-14(19)8-12-11(2)20-15(17-12)13-4-3-7-21-13/h3-4,7,10,18H,5-6,8-9H2,1-2H3,(H,16,19). The molecule has 0 spiro atoms. The van der Waals surface area contributed by atoms with Crippen LogP contribution >= 0.6 is 11.3 Å². The van der Waals surface area contributed by atoms with Gasteiger partial charge >= 0.3 is 0 Å². The molecule has 114 valence electrons. The van der Waals surface area contributed by atoms with Gasteiger partial charge in [0.25, 0.3) is 0 Å². The Hall–Kier alpha value is -1.66. The van der Waals surface area contributed by atoms with E-state index in [4.69, 9.17) is 9.52 Å². The summed E-state index contributed by atoms with van der Waals surface area (Å²) >= 11 is 1.56. The zero-order valence-electron chi connectivity index (χ0n) is 12.3. The first-order valence-corrected chi connectivity index (χ1v) is 7.86. The third kappa shape index (κ3) is 4.41. The fraction of sp³-hybridized carbons (Fsp3) is 0.467. The van der Waals surface area contributed by atoms with Crippen molar-refractivity contribution >= 4 is 17.2 Å². The first-order valence-electron chi connectivity index (χ1n) is 6.98. The predicted octanol–water partition coefficient (Wildman–Crippen LogP) is 2.39. The molecule has 0 aliphatic rings. The number of aryl methyl sites for hydroxylation is 1. The Kier molecular flexibility index (Phi) is 5.52. The number of thiophene rings is 1. The molecule has 1 atom stereocenters. The number of amides is 1. The maximum atomic E-state index is 11.9. The first-order chi connectivity index (χ1) is 10.1. The van der Waals surface area contributed by atoms with Crippen molar-refractivity contribution in [1.82, 2.24) is 10.3 Å². The Bertz CT molecular complexity index is 578. The Morgan fingerprint density at radius 3 is 3.05 bits per heavy atom. The molecular formula is C15H20N2O3S. The van der Waals surface area contributed by atoms with Gasteiger partial charge in [0.15, 0.2) is 0 Å². The maximum absolute atomic E-state index is 11.9. The van der Waals surface area contributed by atoms with Crippen LogP contribution in [0.15, 0.2) is 21.9 Å². The van der Waals surface area contributed by atoms with Crippen molar-refractivity contribution in [1.29, 1.82) is 0 Å². The highest BCUT2D eigenvalue weighted by Gasteiger charge is 2.15. The average Bonchev–Trinajstić information content (AvgIpc) is 3.07. The van der Waals surface area contributed by atoms with Crippen LogP contribution in [0.5, 0.6) is 0 Å². The van der Waals surface area contributed by atoms with Gasteiger partial charge in [-0.05, 0) is 30.7 Å². The third-order valence-corrected chi connectivity index (χ3v) is 4.08. The summed E-state index contributed by atoms with van der Waals surface area (Å²) in [5.74, 6) is 1.43. The normalized spacial score (nSPS) is 12.3. The van der Waals surface area contributed by atoms with Crippen molar-refractivity contribution in [3.8, 4) is 10.8 Å². The van der Waals surface area contributed by atoms with Crippen molar-refractivity contribution in [2.75, 3.05) is 13.2 Å². The van der Waals surface area contributed by atoms with Crippen LogP contribution in [0.25, 0.3) is 10.8 Å². The van der Waals surface area contributed by atoms with Crippen LogP contribution in [0.2, 0.25) is 0 Å². The number of rotatable bonds is 7. The van der Waals surface area contributed by atoms with E-state index in [1.807, 2.05) is 31.4 Å². The van der Waals surface area contributed by atoms with Crippen LogP contribution in [0.3, 0.4) is 0 Å². The highest BCUT2D eigenvalue weighted by atomic mass is 32.1. The summed E-state index contributed by atoms with van der Waals surface area (Å²) in [7, 11) is 0. The zero-order valence-corrected chi connectivity index (χ0v) is 13.1. The molecule has 0 aliphatic carbocycles. The van der Waals surface area contributed by atoms with Gasteiger partial charge in [-0.15, -0.1) is 11.3 Å². The molecule has 5 nitrogen and oxygen atoms in total. The largest absolute Gasteiger partial charge is 0.440 e. The molecule has 0 aromatic carbocycles. The number of aromatic nitrogens is 1. The number of aliphatic hydroxyl groups excluding tert-OH is 1. The zero-order chi connectivity index (χ0) is 15.2. The maximum Gasteiger partial charge on any atom is 0.236 e. The van der Waals surface area contributed by atoms with Gasteiger partial charge in [0.05, 0.1) is 17.0 Å². The lowest BCUT2D eigenvalue weighted by atomic mass is 10.1. The number of nitrogens with zero attached hydrogens (tertiary/aromatic N) is 1. The number of hydrogen-bond acceptors (Lipinski definition) is 5. The van der Waals surface area contributed by atoms with Gasteiger partial charge in [0.2, 0.25) is 11.8 Å². The van der Waals surface area contributed by atoms with Crippen molar-refractivity contribution in [3.63, 3.8) is 0 Å². The van der Waals surface area contributed by atoms with Gasteiger partial charge in [0, 0.05) is 13.2 Å². The second-order valence-corrected chi connectivity index (χ2v) is 6.05. The van der Waals surface area contributed by atoms with Gasteiger partial charge < -0.3 is 14.8 Å². The van der Waals surface area contributed by atoms with E-state index >= 15 is 0 Å². The van der Waals surface area contributed by atoms with Crippen LogP contribution in [-0.2, 0) is 11.2 Å².